The predicted molar refractivity (Wildman–Crippen MR) is 92.8 cm³/mol. The van der Waals surface area contributed by atoms with Crippen molar-refractivity contribution in [3.05, 3.63) is 35.5 Å². The van der Waals surface area contributed by atoms with Gasteiger partial charge >= 0.3 is 5.97 Å². The van der Waals surface area contributed by atoms with Crippen LogP contribution in [0.3, 0.4) is 0 Å². The molecule has 4 aliphatic heterocycles. The molecule has 2 N–H and O–H groups in total. The van der Waals surface area contributed by atoms with Gasteiger partial charge in [0.1, 0.15) is 12.2 Å². The van der Waals surface area contributed by atoms with Gasteiger partial charge in [0.25, 0.3) is 0 Å². The molecular weight excluding hydrogens is 336 g/mol. The molecule has 0 saturated carbocycles. The van der Waals surface area contributed by atoms with Crippen molar-refractivity contribution in [1.29, 1.82) is 0 Å². The van der Waals surface area contributed by atoms with Crippen molar-refractivity contribution in [1.82, 2.24) is 0 Å². The molecule has 0 amide bonds. The summed E-state index contributed by atoms with van der Waals surface area (Å²) in [7, 11) is 0. The van der Waals surface area contributed by atoms with Gasteiger partial charge in [0.15, 0.2) is 11.4 Å². The molecule has 0 aromatic rings. The fourth-order valence-corrected chi connectivity index (χ4v) is 4.61. The van der Waals surface area contributed by atoms with E-state index in [0.717, 1.165) is 11.1 Å². The number of hydrogen-bond donors (Lipinski definition) is 2. The number of carbonyl (C=O) groups excluding carboxylic acids is 1. The quantitative estimate of drug-likeness (QED) is 0.549. The van der Waals surface area contributed by atoms with Crippen LogP contribution in [0.5, 0.6) is 0 Å². The Morgan fingerprint density at radius 1 is 1.31 bits per heavy atom. The number of aliphatic hydroxyl groups is 2. The van der Waals surface area contributed by atoms with Crippen molar-refractivity contribution in [3.8, 4) is 0 Å². The molecule has 2 saturated heterocycles. The maximum atomic E-state index is 12.5. The minimum absolute atomic E-state index is 0.111. The van der Waals surface area contributed by atoms with E-state index in [9.17, 15) is 15.0 Å². The summed E-state index contributed by atoms with van der Waals surface area (Å²) in [6, 6.07) is 0. The molecule has 26 heavy (non-hydrogen) atoms. The average Bonchev–Trinajstić information content (AvgIpc) is 2.82. The van der Waals surface area contributed by atoms with Gasteiger partial charge < -0.3 is 24.4 Å². The number of ether oxygens (including phenoxy) is 3. The zero-order valence-electron chi connectivity index (χ0n) is 15.4. The topological polar surface area (TPSA) is 85.2 Å². The molecule has 6 nitrogen and oxygen atoms in total. The fourth-order valence-electron chi connectivity index (χ4n) is 4.61. The van der Waals surface area contributed by atoms with Crippen molar-refractivity contribution in [3.63, 3.8) is 0 Å². The van der Waals surface area contributed by atoms with E-state index in [2.05, 4.69) is 6.58 Å². The van der Waals surface area contributed by atoms with Crippen molar-refractivity contribution >= 4 is 5.97 Å². The van der Waals surface area contributed by atoms with Crippen LogP contribution in [0.15, 0.2) is 35.5 Å². The van der Waals surface area contributed by atoms with E-state index < -0.39 is 35.4 Å². The summed E-state index contributed by atoms with van der Waals surface area (Å²) in [5.74, 6) is -3.55. The van der Waals surface area contributed by atoms with E-state index in [-0.39, 0.29) is 12.3 Å². The Kier molecular flexibility index (Phi) is 3.80. The molecule has 4 heterocycles. The third kappa shape index (κ3) is 2.51. The summed E-state index contributed by atoms with van der Waals surface area (Å²) in [6.07, 6.45) is 3.53. The number of allylic oxidation sites excluding steroid dienone is 1. The second-order valence-corrected chi connectivity index (χ2v) is 8.32. The first-order valence-corrected chi connectivity index (χ1v) is 9.14. The Labute approximate surface area is 153 Å². The van der Waals surface area contributed by atoms with Gasteiger partial charge in [-0.05, 0) is 57.3 Å². The highest BCUT2D eigenvalue weighted by molar-refractivity contribution is 5.83. The predicted octanol–water partition coefficient (Wildman–Crippen LogP) is 2.12. The standard InChI is InChI=1S/C20H26O6/c1-11(2)14-5-6-19(22)16-15(24-17(19)21)7-12(3)8-18(25-16)9-13(4)20(23,10-14)26-18/h8-9,14-16,22-23H,1,5-7,10H2,2-4H3/t14-,15+,16-,18-,19+,20-/m1/s1. The van der Waals surface area contributed by atoms with Gasteiger partial charge in [0.2, 0.25) is 5.79 Å². The first kappa shape index (κ1) is 17.9. The summed E-state index contributed by atoms with van der Waals surface area (Å²) >= 11 is 0. The maximum Gasteiger partial charge on any atom is 0.341 e. The number of esters is 1. The highest BCUT2D eigenvalue weighted by Crippen LogP contribution is 2.50. The molecule has 2 fully saturated rings. The lowest BCUT2D eigenvalue weighted by Gasteiger charge is -2.39. The van der Waals surface area contributed by atoms with Crippen molar-refractivity contribution in [2.75, 3.05) is 0 Å². The van der Waals surface area contributed by atoms with Crippen LogP contribution in [0.1, 0.15) is 46.5 Å². The van der Waals surface area contributed by atoms with Crippen LogP contribution >= 0.6 is 0 Å². The smallest absolute Gasteiger partial charge is 0.341 e. The highest BCUT2D eigenvalue weighted by atomic mass is 16.8. The lowest BCUT2D eigenvalue weighted by molar-refractivity contribution is -0.307. The first-order chi connectivity index (χ1) is 12.1. The first-order valence-electron chi connectivity index (χ1n) is 9.14. The van der Waals surface area contributed by atoms with Crippen LogP contribution in [0.2, 0.25) is 0 Å². The molecule has 1 spiro atoms. The van der Waals surface area contributed by atoms with Crippen molar-refractivity contribution in [2.24, 2.45) is 5.92 Å². The van der Waals surface area contributed by atoms with E-state index in [1.165, 1.54) is 0 Å². The number of carbonyl (C=O) groups is 1. The summed E-state index contributed by atoms with van der Waals surface area (Å²) in [5.41, 5.74) is 0.714. The molecular formula is C20H26O6. The Morgan fingerprint density at radius 2 is 2.04 bits per heavy atom. The lowest BCUT2D eigenvalue weighted by atomic mass is 9.81. The summed E-state index contributed by atoms with van der Waals surface area (Å²) in [4.78, 5) is 12.5. The normalized spacial score (nSPS) is 47.6. The summed E-state index contributed by atoms with van der Waals surface area (Å²) < 4.78 is 17.7. The Balaban J connectivity index is 1.85. The average molecular weight is 362 g/mol. The van der Waals surface area contributed by atoms with Crippen LogP contribution < -0.4 is 0 Å². The van der Waals surface area contributed by atoms with E-state index in [4.69, 9.17) is 14.2 Å². The highest BCUT2D eigenvalue weighted by Gasteiger charge is 2.62. The molecule has 0 aliphatic carbocycles. The molecule has 0 aromatic carbocycles. The largest absolute Gasteiger partial charge is 0.457 e. The van der Waals surface area contributed by atoms with E-state index in [1.807, 2.05) is 13.8 Å². The van der Waals surface area contributed by atoms with Crippen molar-refractivity contribution in [2.45, 2.75) is 75.8 Å². The van der Waals surface area contributed by atoms with Gasteiger partial charge in [-0.1, -0.05) is 17.7 Å². The van der Waals surface area contributed by atoms with Crippen molar-refractivity contribution < 1.29 is 29.2 Å². The molecule has 3 bridgehead atoms. The SMILES string of the molecule is C=C(C)[C@@H]1CC[C@@]2(O)C(=O)O[C@H]3CC(C)=C[C@@]4(C=C(C)[C@@](O)(C1)O4)O[C@H]32. The van der Waals surface area contributed by atoms with Gasteiger partial charge in [0.05, 0.1) is 0 Å². The number of fused-ring (bicyclic) bond motifs is 1. The number of hydrogen-bond acceptors (Lipinski definition) is 6. The molecule has 6 heteroatoms. The fraction of sp³-hybridized carbons (Fsp3) is 0.650. The van der Waals surface area contributed by atoms with E-state index in [0.29, 0.717) is 24.8 Å². The molecule has 6 atom stereocenters. The second kappa shape index (κ2) is 5.52. The summed E-state index contributed by atoms with van der Waals surface area (Å²) in [5, 5.41) is 22.4. The molecule has 0 radical (unpaired) electrons. The van der Waals surface area contributed by atoms with Gasteiger partial charge in [-0.3, -0.25) is 0 Å². The van der Waals surface area contributed by atoms with Gasteiger partial charge in [-0.25, -0.2) is 4.79 Å². The van der Waals surface area contributed by atoms with E-state index in [1.54, 1.807) is 19.1 Å². The molecule has 4 aliphatic rings. The third-order valence-electron chi connectivity index (χ3n) is 6.16. The zero-order chi connectivity index (χ0) is 18.9. The lowest BCUT2D eigenvalue weighted by Crippen LogP contribution is -2.53. The van der Waals surface area contributed by atoms with Gasteiger partial charge in [-0.15, -0.1) is 0 Å². The number of rotatable bonds is 1. The Morgan fingerprint density at radius 3 is 2.73 bits per heavy atom. The Hall–Kier alpha value is -1.47. The van der Waals surface area contributed by atoms with E-state index >= 15 is 0 Å². The van der Waals surface area contributed by atoms with Crippen LogP contribution in [0.25, 0.3) is 0 Å². The van der Waals surface area contributed by atoms with Crippen LogP contribution in [-0.2, 0) is 19.0 Å². The second-order valence-electron chi connectivity index (χ2n) is 8.32. The van der Waals surface area contributed by atoms with Gasteiger partial charge in [0, 0.05) is 12.8 Å². The van der Waals surface area contributed by atoms with Crippen LogP contribution in [0.4, 0.5) is 0 Å². The zero-order valence-corrected chi connectivity index (χ0v) is 15.4. The Bertz CT molecular complexity index is 739. The summed E-state index contributed by atoms with van der Waals surface area (Å²) in [6.45, 7) is 9.61. The molecule has 0 aromatic heterocycles. The van der Waals surface area contributed by atoms with Gasteiger partial charge in [-0.2, -0.15) is 0 Å². The van der Waals surface area contributed by atoms with Crippen LogP contribution in [0, 0.1) is 5.92 Å². The maximum absolute atomic E-state index is 12.5. The van der Waals surface area contributed by atoms with Crippen LogP contribution in [-0.4, -0.2) is 45.6 Å². The molecule has 142 valence electrons. The minimum atomic E-state index is -1.73. The molecule has 0 unspecified atom stereocenters. The minimum Gasteiger partial charge on any atom is -0.457 e. The third-order valence-corrected chi connectivity index (χ3v) is 6.16. The monoisotopic (exact) mass is 362 g/mol. The molecule has 4 rings (SSSR count).